The Labute approximate surface area is 162 Å². The zero-order valence-electron chi connectivity index (χ0n) is 16.6. The van der Waals surface area contributed by atoms with Gasteiger partial charge >= 0.3 is 0 Å². The fourth-order valence-corrected chi connectivity index (χ4v) is 6.48. The van der Waals surface area contributed by atoms with Crippen LogP contribution in [-0.4, -0.2) is 24.2 Å². The first-order valence-electron chi connectivity index (χ1n) is 9.91. The van der Waals surface area contributed by atoms with Crippen LogP contribution in [0.3, 0.4) is 0 Å². The van der Waals surface area contributed by atoms with E-state index in [1.54, 1.807) is 10.5 Å². The van der Waals surface area contributed by atoms with Crippen LogP contribution in [0.5, 0.6) is 0 Å². The van der Waals surface area contributed by atoms with Crippen molar-refractivity contribution in [2.45, 2.75) is 82.2 Å². The normalized spacial score (nSPS) is 21.0. The molecule has 0 N–H and O–H groups in total. The quantitative estimate of drug-likeness (QED) is 0.782. The minimum absolute atomic E-state index is 0.0879. The van der Waals surface area contributed by atoms with Crippen LogP contribution in [0.2, 0.25) is 0 Å². The molecule has 2 heterocycles. The van der Waals surface area contributed by atoms with Gasteiger partial charge in [0.2, 0.25) is 0 Å². The fourth-order valence-electron chi connectivity index (χ4n) is 4.45. The summed E-state index contributed by atoms with van der Waals surface area (Å²) < 4.78 is 31.1. The Bertz CT molecular complexity index is 950. The number of hydrogen-bond acceptors (Lipinski definition) is 3. The molecule has 1 fully saturated rings. The standard InChI is InChI=1S/C21H29N3O2S/c1-15-13-16-9-5-8-12-18(16)24(15)27(25,26)19-14-23(17-10-6-7-11-17)22-20(19)21(2,3)4/h5,8-9,12,14-15,17H,6-7,10-11,13H2,1-4H3. The van der Waals surface area contributed by atoms with Crippen molar-refractivity contribution in [3.8, 4) is 0 Å². The zero-order chi connectivity index (χ0) is 19.4. The molecule has 1 aliphatic heterocycles. The van der Waals surface area contributed by atoms with Crippen molar-refractivity contribution >= 4 is 15.7 Å². The summed E-state index contributed by atoms with van der Waals surface area (Å²) in [5.74, 6) is 0. The molecule has 1 aromatic carbocycles. The summed E-state index contributed by atoms with van der Waals surface area (Å²) in [4.78, 5) is 0.366. The summed E-state index contributed by atoms with van der Waals surface area (Å²) in [6, 6.07) is 8.04. The van der Waals surface area contributed by atoms with E-state index in [1.807, 2.05) is 56.6 Å². The Balaban J connectivity index is 1.84. The van der Waals surface area contributed by atoms with E-state index in [-0.39, 0.29) is 11.5 Å². The van der Waals surface area contributed by atoms with Gasteiger partial charge in [0, 0.05) is 17.7 Å². The summed E-state index contributed by atoms with van der Waals surface area (Å²) in [6.45, 7) is 8.09. The van der Waals surface area contributed by atoms with E-state index in [2.05, 4.69) is 0 Å². The van der Waals surface area contributed by atoms with Crippen molar-refractivity contribution in [3.05, 3.63) is 41.7 Å². The molecular weight excluding hydrogens is 358 g/mol. The van der Waals surface area contributed by atoms with Gasteiger partial charge in [0.15, 0.2) is 0 Å². The van der Waals surface area contributed by atoms with E-state index >= 15 is 0 Å². The molecular formula is C21H29N3O2S. The van der Waals surface area contributed by atoms with Gasteiger partial charge in [-0.05, 0) is 37.8 Å². The van der Waals surface area contributed by atoms with Crippen LogP contribution in [0.15, 0.2) is 35.4 Å². The largest absolute Gasteiger partial charge is 0.268 e. The van der Waals surface area contributed by atoms with Gasteiger partial charge in [-0.1, -0.05) is 51.8 Å². The topological polar surface area (TPSA) is 55.2 Å². The van der Waals surface area contributed by atoms with Crippen LogP contribution >= 0.6 is 0 Å². The van der Waals surface area contributed by atoms with Gasteiger partial charge in [0.25, 0.3) is 10.0 Å². The monoisotopic (exact) mass is 387 g/mol. The Morgan fingerprint density at radius 2 is 1.78 bits per heavy atom. The zero-order valence-corrected chi connectivity index (χ0v) is 17.5. The number of benzene rings is 1. The van der Waals surface area contributed by atoms with Crippen LogP contribution in [0.1, 0.15) is 70.7 Å². The molecule has 1 atom stereocenters. The minimum Gasteiger partial charge on any atom is -0.268 e. The summed E-state index contributed by atoms with van der Waals surface area (Å²) >= 11 is 0. The average Bonchev–Trinajstić information content (AvgIpc) is 3.31. The molecule has 2 aliphatic rings. The number of nitrogens with zero attached hydrogens (tertiary/aromatic N) is 3. The summed E-state index contributed by atoms with van der Waals surface area (Å²) in [7, 11) is -3.67. The van der Waals surface area contributed by atoms with Gasteiger partial charge in [0.1, 0.15) is 4.90 Å². The highest BCUT2D eigenvalue weighted by Gasteiger charge is 2.40. The maximum atomic E-state index is 13.8. The van der Waals surface area contributed by atoms with Crippen LogP contribution < -0.4 is 4.31 Å². The third-order valence-corrected chi connectivity index (χ3v) is 7.72. The number of para-hydroxylation sites is 1. The number of sulfonamides is 1. The second-order valence-corrected chi connectivity index (χ2v) is 10.8. The maximum absolute atomic E-state index is 13.8. The molecule has 2 aromatic rings. The van der Waals surface area contributed by atoms with E-state index in [9.17, 15) is 8.42 Å². The molecule has 0 bridgehead atoms. The molecule has 1 aliphatic carbocycles. The third kappa shape index (κ3) is 3.08. The summed E-state index contributed by atoms with van der Waals surface area (Å²) in [5, 5.41) is 4.79. The molecule has 4 rings (SSSR count). The lowest BCUT2D eigenvalue weighted by atomic mass is 9.92. The second-order valence-electron chi connectivity index (χ2n) is 8.99. The average molecular weight is 388 g/mol. The van der Waals surface area contributed by atoms with Crippen LogP contribution in [0.4, 0.5) is 5.69 Å². The van der Waals surface area contributed by atoms with Gasteiger partial charge in [-0.2, -0.15) is 5.10 Å². The molecule has 146 valence electrons. The molecule has 0 saturated heterocycles. The maximum Gasteiger partial charge on any atom is 0.268 e. The van der Waals surface area contributed by atoms with E-state index in [0.29, 0.717) is 16.6 Å². The Hall–Kier alpha value is -1.82. The number of hydrogen-bond donors (Lipinski definition) is 0. The van der Waals surface area contributed by atoms with E-state index in [0.717, 1.165) is 30.5 Å². The summed E-state index contributed by atoms with van der Waals surface area (Å²) in [5.41, 5.74) is 2.23. The molecule has 0 amide bonds. The first-order chi connectivity index (χ1) is 12.7. The molecule has 27 heavy (non-hydrogen) atoms. The van der Waals surface area contributed by atoms with E-state index in [4.69, 9.17) is 5.10 Å². The molecule has 0 spiro atoms. The molecule has 6 heteroatoms. The van der Waals surface area contributed by atoms with Crippen molar-refractivity contribution in [1.29, 1.82) is 0 Å². The highest BCUT2D eigenvalue weighted by Crippen LogP contribution is 2.40. The van der Waals surface area contributed by atoms with E-state index in [1.165, 1.54) is 12.8 Å². The van der Waals surface area contributed by atoms with Gasteiger partial charge < -0.3 is 0 Å². The van der Waals surface area contributed by atoms with Crippen molar-refractivity contribution in [2.75, 3.05) is 4.31 Å². The summed E-state index contributed by atoms with van der Waals surface area (Å²) in [6.07, 6.45) is 7.07. The predicted molar refractivity (Wildman–Crippen MR) is 108 cm³/mol. The van der Waals surface area contributed by atoms with Gasteiger partial charge in [-0.15, -0.1) is 0 Å². The first-order valence-corrected chi connectivity index (χ1v) is 11.4. The number of aromatic nitrogens is 2. The third-order valence-electron chi connectivity index (χ3n) is 5.79. The minimum atomic E-state index is -3.67. The lowest BCUT2D eigenvalue weighted by Gasteiger charge is -2.26. The van der Waals surface area contributed by atoms with Gasteiger partial charge in [-0.25, -0.2) is 8.42 Å². The highest BCUT2D eigenvalue weighted by molar-refractivity contribution is 7.93. The first kappa shape index (κ1) is 18.5. The predicted octanol–water partition coefficient (Wildman–Crippen LogP) is 4.44. The van der Waals surface area contributed by atoms with Crippen molar-refractivity contribution in [3.63, 3.8) is 0 Å². The Kier molecular flexibility index (Phi) is 4.37. The number of anilines is 1. The van der Waals surface area contributed by atoms with Crippen LogP contribution in [0, 0.1) is 0 Å². The van der Waals surface area contributed by atoms with Crippen molar-refractivity contribution < 1.29 is 8.42 Å². The van der Waals surface area contributed by atoms with Crippen molar-refractivity contribution in [2.24, 2.45) is 0 Å². The van der Waals surface area contributed by atoms with E-state index < -0.39 is 10.0 Å². The molecule has 5 nitrogen and oxygen atoms in total. The molecule has 1 saturated carbocycles. The Morgan fingerprint density at radius 3 is 2.44 bits per heavy atom. The van der Waals surface area contributed by atoms with Gasteiger partial charge in [0.05, 0.1) is 17.4 Å². The fraction of sp³-hybridized carbons (Fsp3) is 0.571. The van der Waals surface area contributed by atoms with Crippen LogP contribution in [-0.2, 0) is 21.9 Å². The number of rotatable bonds is 3. The van der Waals surface area contributed by atoms with Crippen molar-refractivity contribution in [1.82, 2.24) is 9.78 Å². The number of fused-ring (bicyclic) bond motifs is 1. The second kappa shape index (κ2) is 6.36. The van der Waals surface area contributed by atoms with Gasteiger partial charge in [-0.3, -0.25) is 8.99 Å². The molecule has 1 unspecified atom stereocenters. The van der Waals surface area contributed by atoms with Crippen LogP contribution in [0.25, 0.3) is 0 Å². The lowest BCUT2D eigenvalue weighted by molar-refractivity contribution is 0.448. The SMILES string of the molecule is CC1Cc2ccccc2N1S(=O)(=O)c1cn(C2CCCC2)nc1C(C)(C)C. The molecule has 1 aromatic heterocycles. The smallest absolute Gasteiger partial charge is 0.268 e. The lowest BCUT2D eigenvalue weighted by Crippen LogP contribution is -2.36. The Morgan fingerprint density at radius 1 is 1.11 bits per heavy atom. The highest BCUT2D eigenvalue weighted by atomic mass is 32.2. The molecule has 0 radical (unpaired) electrons.